The monoisotopic (exact) mass is 343 g/mol. The van der Waals surface area contributed by atoms with Gasteiger partial charge in [-0.3, -0.25) is 4.68 Å². The molecule has 4 atom stereocenters. The molecule has 4 nitrogen and oxygen atoms in total. The maximum atomic E-state index is 6.46. The van der Waals surface area contributed by atoms with Gasteiger partial charge in [-0.05, 0) is 74.7 Å². The van der Waals surface area contributed by atoms with E-state index in [0.717, 1.165) is 30.3 Å². The number of hydrogen-bond donors (Lipinski definition) is 0. The summed E-state index contributed by atoms with van der Waals surface area (Å²) in [7, 11) is 0. The molecule has 0 unspecified atom stereocenters. The van der Waals surface area contributed by atoms with Crippen molar-refractivity contribution in [2.45, 2.75) is 64.0 Å². The summed E-state index contributed by atoms with van der Waals surface area (Å²) >= 11 is 0. The van der Waals surface area contributed by atoms with Gasteiger partial charge >= 0.3 is 0 Å². The quantitative estimate of drug-likeness (QED) is 0.789. The highest BCUT2D eigenvalue weighted by Gasteiger charge is 2.44. The second-order valence-corrected chi connectivity index (χ2v) is 9.39. The minimum atomic E-state index is 0.366. The van der Waals surface area contributed by atoms with Crippen molar-refractivity contribution in [1.29, 1.82) is 0 Å². The van der Waals surface area contributed by atoms with Crippen LogP contribution < -0.4 is 0 Å². The standard InChI is InChI=1S/C21H33N3O/c1-15-9-22-24(10-15)20-7-18-12-23(11-16-3-2-4-16)13-19(18)8-21(20)25-14-17-5-6-17/h9-10,16-21H,2-8,11-14H2,1H3/t18-,19+,20-,21-/m0/s1. The molecule has 138 valence electrons. The maximum absolute atomic E-state index is 6.46. The number of ether oxygens (including phenoxy) is 1. The molecule has 1 aromatic rings. The Hall–Kier alpha value is -0.870. The van der Waals surface area contributed by atoms with Crippen LogP contribution >= 0.6 is 0 Å². The summed E-state index contributed by atoms with van der Waals surface area (Å²) in [6.45, 7) is 7.10. The fourth-order valence-corrected chi connectivity index (χ4v) is 5.29. The zero-order valence-corrected chi connectivity index (χ0v) is 15.6. The van der Waals surface area contributed by atoms with Crippen molar-refractivity contribution in [2.24, 2.45) is 23.7 Å². The van der Waals surface area contributed by atoms with Crippen molar-refractivity contribution >= 4 is 0 Å². The van der Waals surface area contributed by atoms with Gasteiger partial charge in [-0.2, -0.15) is 5.10 Å². The van der Waals surface area contributed by atoms with Gasteiger partial charge < -0.3 is 9.64 Å². The average molecular weight is 344 g/mol. The zero-order chi connectivity index (χ0) is 16.8. The number of hydrogen-bond acceptors (Lipinski definition) is 3. The Morgan fingerprint density at radius 1 is 1.08 bits per heavy atom. The lowest BCUT2D eigenvalue weighted by Gasteiger charge is -2.38. The molecule has 4 fully saturated rings. The molecule has 4 aliphatic rings. The Balaban J connectivity index is 1.27. The number of nitrogens with zero attached hydrogens (tertiary/aromatic N) is 3. The predicted molar refractivity (Wildman–Crippen MR) is 98.5 cm³/mol. The highest BCUT2D eigenvalue weighted by molar-refractivity contribution is 5.03. The SMILES string of the molecule is Cc1cnn([C@H]2C[C@H]3CN(CC4CCC4)C[C@H]3C[C@@H]2OCC2CC2)c1. The van der Waals surface area contributed by atoms with Crippen LogP contribution in [0.3, 0.4) is 0 Å². The van der Waals surface area contributed by atoms with Gasteiger partial charge in [-0.15, -0.1) is 0 Å². The number of likely N-dealkylation sites (tertiary alicyclic amines) is 1. The van der Waals surface area contributed by atoms with Crippen molar-refractivity contribution in [1.82, 2.24) is 14.7 Å². The number of aromatic nitrogens is 2. The predicted octanol–water partition coefficient (Wildman–Crippen LogP) is 3.67. The molecule has 0 aromatic carbocycles. The van der Waals surface area contributed by atoms with Crippen LogP contribution in [0.5, 0.6) is 0 Å². The van der Waals surface area contributed by atoms with Crippen LogP contribution in [-0.4, -0.2) is 47.0 Å². The Morgan fingerprint density at radius 2 is 1.88 bits per heavy atom. The van der Waals surface area contributed by atoms with Gasteiger partial charge in [-0.25, -0.2) is 0 Å². The van der Waals surface area contributed by atoms with Crippen molar-refractivity contribution in [3.63, 3.8) is 0 Å². The Labute approximate surface area is 151 Å². The van der Waals surface area contributed by atoms with E-state index in [0.29, 0.717) is 12.1 Å². The molecule has 0 spiro atoms. The number of fused-ring (bicyclic) bond motifs is 1. The molecule has 2 heterocycles. The largest absolute Gasteiger partial charge is 0.376 e. The molecule has 3 aliphatic carbocycles. The van der Waals surface area contributed by atoms with Crippen molar-refractivity contribution < 1.29 is 4.74 Å². The summed E-state index contributed by atoms with van der Waals surface area (Å²) < 4.78 is 8.68. The fraction of sp³-hybridized carbons (Fsp3) is 0.857. The van der Waals surface area contributed by atoms with E-state index >= 15 is 0 Å². The van der Waals surface area contributed by atoms with E-state index in [-0.39, 0.29) is 0 Å². The summed E-state index contributed by atoms with van der Waals surface area (Å²) in [6.07, 6.45) is 14.2. The summed E-state index contributed by atoms with van der Waals surface area (Å²) in [5.74, 6) is 3.52. The molecule has 4 heteroatoms. The van der Waals surface area contributed by atoms with Crippen LogP contribution in [0, 0.1) is 30.6 Å². The first-order chi connectivity index (χ1) is 12.2. The van der Waals surface area contributed by atoms with Crippen LogP contribution in [0.25, 0.3) is 0 Å². The van der Waals surface area contributed by atoms with E-state index in [4.69, 9.17) is 4.74 Å². The average Bonchev–Trinajstić information content (AvgIpc) is 3.16. The van der Waals surface area contributed by atoms with Crippen LogP contribution in [-0.2, 0) is 4.74 Å². The number of aryl methyl sites for hydroxylation is 1. The molecular weight excluding hydrogens is 310 g/mol. The van der Waals surface area contributed by atoms with Gasteiger partial charge in [0, 0.05) is 32.4 Å². The van der Waals surface area contributed by atoms with Crippen LogP contribution in [0.15, 0.2) is 12.4 Å². The van der Waals surface area contributed by atoms with Gasteiger partial charge in [-0.1, -0.05) is 6.42 Å². The zero-order valence-electron chi connectivity index (χ0n) is 15.6. The van der Waals surface area contributed by atoms with Gasteiger partial charge in [0.1, 0.15) is 0 Å². The van der Waals surface area contributed by atoms with E-state index in [2.05, 4.69) is 27.8 Å². The van der Waals surface area contributed by atoms with Gasteiger partial charge in [0.25, 0.3) is 0 Å². The smallest absolute Gasteiger partial charge is 0.0802 e. The second kappa shape index (κ2) is 6.70. The van der Waals surface area contributed by atoms with Crippen LogP contribution in [0.1, 0.15) is 56.6 Å². The lowest BCUT2D eigenvalue weighted by molar-refractivity contribution is -0.0371. The molecule has 0 amide bonds. The molecular formula is C21H33N3O. The van der Waals surface area contributed by atoms with E-state index in [9.17, 15) is 0 Å². The van der Waals surface area contributed by atoms with Crippen molar-refractivity contribution in [3.8, 4) is 0 Å². The Bertz CT molecular complexity index is 592. The maximum Gasteiger partial charge on any atom is 0.0802 e. The third-order valence-electron chi connectivity index (χ3n) is 7.22. The highest BCUT2D eigenvalue weighted by Crippen LogP contribution is 2.44. The van der Waals surface area contributed by atoms with Crippen LogP contribution in [0.4, 0.5) is 0 Å². The van der Waals surface area contributed by atoms with E-state index in [1.54, 1.807) is 0 Å². The van der Waals surface area contributed by atoms with Crippen molar-refractivity contribution in [2.75, 3.05) is 26.2 Å². The lowest BCUT2D eigenvalue weighted by atomic mass is 9.77. The molecule has 5 rings (SSSR count). The molecule has 1 aliphatic heterocycles. The van der Waals surface area contributed by atoms with Crippen molar-refractivity contribution in [3.05, 3.63) is 18.0 Å². The molecule has 0 radical (unpaired) electrons. The normalized spacial score (nSPS) is 36.4. The molecule has 0 N–H and O–H groups in total. The summed E-state index contributed by atoms with van der Waals surface area (Å²) in [5, 5.41) is 4.66. The second-order valence-electron chi connectivity index (χ2n) is 9.39. The molecule has 3 saturated carbocycles. The first kappa shape index (κ1) is 16.3. The van der Waals surface area contributed by atoms with Gasteiger partial charge in [0.05, 0.1) is 18.3 Å². The summed E-state index contributed by atoms with van der Waals surface area (Å²) in [5.41, 5.74) is 1.26. The molecule has 25 heavy (non-hydrogen) atoms. The van der Waals surface area contributed by atoms with Gasteiger partial charge in [0.15, 0.2) is 0 Å². The highest BCUT2D eigenvalue weighted by atomic mass is 16.5. The lowest BCUT2D eigenvalue weighted by Crippen LogP contribution is -2.38. The van der Waals surface area contributed by atoms with Crippen LogP contribution in [0.2, 0.25) is 0 Å². The number of rotatable bonds is 6. The first-order valence-electron chi connectivity index (χ1n) is 10.6. The fourth-order valence-electron chi connectivity index (χ4n) is 5.29. The summed E-state index contributed by atoms with van der Waals surface area (Å²) in [6, 6.07) is 0.442. The van der Waals surface area contributed by atoms with E-state index < -0.39 is 0 Å². The first-order valence-corrected chi connectivity index (χ1v) is 10.6. The van der Waals surface area contributed by atoms with Gasteiger partial charge in [0.2, 0.25) is 0 Å². The van der Waals surface area contributed by atoms with E-state index in [1.165, 1.54) is 70.1 Å². The van der Waals surface area contributed by atoms with E-state index in [1.807, 2.05) is 6.20 Å². The third kappa shape index (κ3) is 3.52. The Kier molecular flexibility index (Phi) is 4.37. The molecule has 1 saturated heterocycles. The third-order valence-corrected chi connectivity index (χ3v) is 7.22. The minimum Gasteiger partial charge on any atom is -0.376 e. The molecule has 0 bridgehead atoms. The topological polar surface area (TPSA) is 30.3 Å². The minimum absolute atomic E-state index is 0.366. The summed E-state index contributed by atoms with van der Waals surface area (Å²) in [4.78, 5) is 2.77. The molecule has 1 aromatic heterocycles. The Morgan fingerprint density at radius 3 is 2.52 bits per heavy atom.